The second-order valence-corrected chi connectivity index (χ2v) is 7.12. The molecule has 1 aliphatic carbocycles. The fourth-order valence-electron chi connectivity index (χ4n) is 2.01. The number of hydrogen-bond acceptors (Lipinski definition) is 3. The summed E-state index contributed by atoms with van der Waals surface area (Å²) in [6.45, 7) is 5.68. The van der Waals surface area contributed by atoms with Crippen molar-refractivity contribution in [2.45, 2.75) is 44.0 Å². The minimum atomic E-state index is -2.47. The van der Waals surface area contributed by atoms with Crippen LogP contribution in [0.5, 0.6) is 0 Å². The summed E-state index contributed by atoms with van der Waals surface area (Å²) in [5, 5.41) is 0. The predicted octanol–water partition coefficient (Wildman–Crippen LogP) is 2.91. The topological polar surface area (TPSA) is 58.7 Å². The first-order valence-corrected chi connectivity index (χ1v) is 8.44. The van der Waals surface area contributed by atoms with Gasteiger partial charge in [0.2, 0.25) is 0 Å². The molecule has 0 aliphatic heterocycles. The molecule has 4 nitrogen and oxygen atoms in total. The molecule has 0 radical (unpaired) electrons. The highest BCUT2D eigenvalue weighted by atomic mass is 32.2. The van der Waals surface area contributed by atoms with Crippen molar-refractivity contribution in [3.8, 4) is 0 Å². The van der Waals surface area contributed by atoms with E-state index in [9.17, 15) is 4.21 Å². The van der Waals surface area contributed by atoms with Crippen LogP contribution in [-0.4, -0.2) is 27.6 Å². The summed E-state index contributed by atoms with van der Waals surface area (Å²) in [6, 6.07) is 7.58. The first-order chi connectivity index (χ1) is 9.10. The number of rotatable bonds is 6. The summed E-state index contributed by atoms with van der Waals surface area (Å²) in [7, 11) is -2.47. The van der Waals surface area contributed by atoms with Crippen LogP contribution in [0, 0.1) is 0 Å². The number of anilines is 1. The number of hydrogen-bond donors (Lipinski definition) is 1. The van der Waals surface area contributed by atoms with Crippen molar-refractivity contribution in [2.24, 2.45) is 4.36 Å². The van der Waals surface area contributed by atoms with E-state index in [2.05, 4.69) is 11.3 Å². The summed E-state index contributed by atoms with van der Waals surface area (Å²) >= 11 is 0. The highest BCUT2D eigenvalue weighted by Crippen LogP contribution is 2.29. The van der Waals surface area contributed by atoms with Gasteiger partial charge in [0.05, 0.1) is 10.9 Å². The van der Waals surface area contributed by atoms with Gasteiger partial charge < -0.3 is 5.73 Å². The summed E-state index contributed by atoms with van der Waals surface area (Å²) in [5.41, 5.74) is 6.40. The maximum absolute atomic E-state index is 13.4. The van der Waals surface area contributed by atoms with Crippen LogP contribution < -0.4 is 5.73 Å². The molecule has 1 unspecified atom stereocenters. The average Bonchev–Trinajstić information content (AvgIpc) is 3.20. The van der Waals surface area contributed by atoms with E-state index < -0.39 is 9.92 Å². The molecule has 1 aromatic rings. The molecule has 19 heavy (non-hydrogen) atoms. The van der Waals surface area contributed by atoms with Crippen LogP contribution in [0.3, 0.4) is 0 Å². The molecule has 5 heteroatoms. The fraction of sp³-hybridized carbons (Fsp3) is 0.571. The Labute approximate surface area is 116 Å². The summed E-state index contributed by atoms with van der Waals surface area (Å²) < 4.78 is 20.0. The van der Waals surface area contributed by atoms with E-state index in [4.69, 9.17) is 5.73 Å². The fourth-order valence-corrected chi connectivity index (χ4v) is 4.45. The summed E-state index contributed by atoms with van der Waals surface area (Å²) in [5.74, 6) is 0. The third kappa shape index (κ3) is 3.28. The van der Waals surface area contributed by atoms with Crippen LogP contribution in [0.25, 0.3) is 0 Å². The van der Waals surface area contributed by atoms with Crippen molar-refractivity contribution < 1.29 is 4.21 Å². The van der Waals surface area contributed by atoms with E-state index in [-0.39, 0.29) is 6.04 Å². The lowest BCUT2D eigenvalue weighted by molar-refractivity contribution is 0.456. The number of benzene rings is 1. The second-order valence-electron chi connectivity index (χ2n) is 4.92. The molecular formula is C14H23N3OS. The third-order valence-corrected chi connectivity index (χ3v) is 5.81. The van der Waals surface area contributed by atoms with Crippen LogP contribution >= 0.6 is 0 Å². The quantitative estimate of drug-likeness (QED) is 0.815. The molecule has 106 valence electrons. The van der Waals surface area contributed by atoms with E-state index in [1.165, 1.54) is 0 Å². The average molecular weight is 281 g/mol. The molecule has 0 aromatic heterocycles. The normalized spacial score (nSPS) is 18.3. The molecular weight excluding hydrogens is 258 g/mol. The Morgan fingerprint density at radius 1 is 1.32 bits per heavy atom. The molecule has 1 atom stereocenters. The van der Waals surface area contributed by atoms with Gasteiger partial charge in [-0.15, -0.1) is 0 Å². The summed E-state index contributed by atoms with van der Waals surface area (Å²) in [6.07, 6.45) is 3.10. The number of nitrogens with two attached hydrogens (primary N) is 1. The molecule has 2 N–H and O–H groups in total. The lowest BCUT2D eigenvalue weighted by Gasteiger charge is -2.24. The molecule has 1 aromatic carbocycles. The van der Waals surface area contributed by atoms with Gasteiger partial charge in [-0.1, -0.05) is 13.8 Å². The molecule has 2 rings (SSSR count). The Hall–Kier alpha value is -1.07. The molecule has 1 saturated carbocycles. The van der Waals surface area contributed by atoms with Gasteiger partial charge in [-0.2, -0.15) is 0 Å². The van der Waals surface area contributed by atoms with E-state index in [1.54, 1.807) is 12.1 Å². The van der Waals surface area contributed by atoms with Gasteiger partial charge in [0, 0.05) is 18.8 Å². The van der Waals surface area contributed by atoms with Crippen LogP contribution in [0.4, 0.5) is 5.69 Å². The maximum Gasteiger partial charge on any atom is 0.140 e. The molecule has 0 bridgehead atoms. The molecule has 1 fully saturated rings. The van der Waals surface area contributed by atoms with Crippen LogP contribution in [0.2, 0.25) is 0 Å². The van der Waals surface area contributed by atoms with E-state index in [0.29, 0.717) is 5.69 Å². The lowest BCUT2D eigenvalue weighted by Crippen LogP contribution is -2.31. The van der Waals surface area contributed by atoms with Crippen molar-refractivity contribution >= 4 is 15.6 Å². The molecule has 0 spiro atoms. The van der Waals surface area contributed by atoms with Crippen molar-refractivity contribution in [3.05, 3.63) is 24.3 Å². The molecule has 0 heterocycles. The molecule has 1 aliphatic rings. The lowest BCUT2D eigenvalue weighted by atomic mass is 10.3. The highest BCUT2D eigenvalue weighted by molar-refractivity contribution is 7.91. The largest absolute Gasteiger partial charge is 0.399 e. The van der Waals surface area contributed by atoms with Crippen molar-refractivity contribution in [1.29, 1.82) is 0 Å². The predicted molar refractivity (Wildman–Crippen MR) is 80.3 cm³/mol. The Kier molecular flexibility index (Phi) is 4.47. The zero-order valence-corrected chi connectivity index (χ0v) is 12.5. The van der Waals surface area contributed by atoms with Crippen molar-refractivity contribution in [3.63, 3.8) is 0 Å². The van der Waals surface area contributed by atoms with Gasteiger partial charge in [-0.25, -0.2) is 12.9 Å². The highest BCUT2D eigenvalue weighted by Gasteiger charge is 2.28. The van der Waals surface area contributed by atoms with Gasteiger partial charge >= 0.3 is 0 Å². The van der Waals surface area contributed by atoms with Gasteiger partial charge in [-0.05, 0) is 43.5 Å². The van der Waals surface area contributed by atoms with E-state index >= 15 is 0 Å². The SMILES string of the molecule is CCCN(CC)S(=O)(=NC1CC1)c1ccc(N)cc1. The van der Waals surface area contributed by atoms with Crippen molar-refractivity contribution in [1.82, 2.24) is 4.31 Å². The van der Waals surface area contributed by atoms with Gasteiger partial charge in [0.25, 0.3) is 0 Å². The first kappa shape index (κ1) is 14.3. The monoisotopic (exact) mass is 281 g/mol. The van der Waals surface area contributed by atoms with Crippen molar-refractivity contribution in [2.75, 3.05) is 18.8 Å². The number of nitrogen functional groups attached to an aromatic ring is 1. The van der Waals surface area contributed by atoms with E-state index in [0.717, 1.165) is 37.2 Å². The van der Waals surface area contributed by atoms with Crippen LogP contribution in [0.15, 0.2) is 33.5 Å². The Morgan fingerprint density at radius 3 is 2.42 bits per heavy atom. The Bertz CT molecular complexity index is 528. The minimum absolute atomic E-state index is 0.274. The van der Waals surface area contributed by atoms with Crippen LogP contribution in [0.1, 0.15) is 33.1 Å². The smallest absolute Gasteiger partial charge is 0.140 e. The van der Waals surface area contributed by atoms with Crippen LogP contribution in [-0.2, 0) is 9.92 Å². The van der Waals surface area contributed by atoms with Gasteiger partial charge in [0.1, 0.15) is 9.92 Å². The third-order valence-electron chi connectivity index (χ3n) is 3.20. The first-order valence-electron chi connectivity index (χ1n) is 6.97. The molecule has 0 saturated heterocycles. The van der Waals surface area contributed by atoms with Gasteiger partial charge in [-0.3, -0.25) is 0 Å². The zero-order valence-electron chi connectivity index (χ0n) is 11.7. The minimum Gasteiger partial charge on any atom is -0.399 e. The van der Waals surface area contributed by atoms with Gasteiger partial charge in [0.15, 0.2) is 0 Å². The molecule has 0 amide bonds. The Morgan fingerprint density at radius 2 is 1.95 bits per heavy atom. The standard InChI is InChI=1S/C14H23N3OS/c1-3-11-17(4-2)19(18,16-13-7-8-13)14-9-5-12(15)6-10-14/h5-6,9-10,13H,3-4,7-8,11,15H2,1-2H3. The second kappa shape index (κ2) is 5.92. The number of nitrogens with zero attached hydrogens (tertiary/aromatic N) is 2. The maximum atomic E-state index is 13.4. The Balaban J connectivity index is 2.44. The zero-order chi connectivity index (χ0) is 13.9. The summed E-state index contributed by atoms with van der Waals surface area (Å²) in [4.78, 5) is 0.781. The van der Waals surface area contributed by atoms with E-state index in [1.807, 2.05) is 23.4 Å².